The number of thiocarbonyl (C=S) groups is 1. The summed E-state index contributed by atoms with van der Waals surface area (Å²) < 4.78 is 0. The van der Waals surface area contributed by atoms with Gasteiger partial charge in [-0.1, -0.05) is 31.5 Å². The van der Waals surface area contributed by atoms with E-state index in [1.165, 1.54) is 5.56 Å². The number of anilines is 1. The van der Waals surface area contributed by atoms with Crippen LogP contribution in [-0.2, 0) is 0 Å². The highest BCUT2D eigenvalue weighted by Gasteiger charge is 1.94. The molecule has 0 atom stereocenters. The van der Waals surface area contributed by atoms with Gasteiger partial charge >= 0.3 is 0 Å². The number of aryl methyl sites for hydroxylation is 1. The molecule has 0 aliphatic carbocycles. The highest BCUT2D eigenvalue weighted by molar-refractivity contribution is 7.80. The van der Waals surface area contributed by atoms with Crippen molar-refractivity contribution in [3.63, 3.8) is 0 Å². The summed E-state index contributed by atoms with van der Waals surface area (Å²) in [6.07, 6.45) is 0. The largest absolute Gasteiger partial charge is 0.332 e. The third kappa shape index (κ3) is 6.04. The van der Waals surface area contributed by atoms with E-state index in [-0.39, 0.29) is 0 Å². The first kappa shape index (κ1) is 13.9. The van der Waals surface area contributed by atoms with Crippen molar-refractivity contribution in [3.8, 4) is 0 Å². The number of benzene rings is 1. The molecule has 0 unspecified atom stereocenters. The Bertz CT molecular complexity index is 282. The Morgan fingerprint density at radius 2 is 1.67 bits per heavy atom. The topological polar surface area (TPSA) is 36.1 Å². The van der Waals surface area contributed by atoms with Crippen LogP contribution in [0.4, 0.5) is 5.69 Å². The van der Waals surface area contributed by atoms with Crippen LogP contribution < -0.4 is 16.2 Å². The van der Waals surface area contributed by atoms with E-state index in [0.717, 1.165) is 5.69 Å². The van der Waals surface area contributed by atoms with E-state index in [0.29, 0.717) is 5.11 Å². The fourth-order valence-corrected chi connectivity index (χ4v) is 1.13. The summed E-state index contributed by atoms with van der Waals surface area (Å²) in [6, 6.07) is 8.03. The SMILES string of the molecule is CC.CNNC(=S)Nc1ccc(C)cc1. The summed E-state index contributed by atoms with van der Waals surface area (Å²) in [4.78, 5) is 0. The molecule has 0 amide bonds. The molecule has 0 aliphatic heterocycles. The molecule has 1 aromatic rings. The van der Waals surface area contributed by atoms with Crippen LogP contribution >= 0.6 is 12.2 Å². The Kier molecular flexibility index (Phi) is 7.58. The van der Waals surface area contributed by atoms with Gasteiger partial charge in [-0.3, -0.25) is 5.43 Å². The van der Waals surface area contributed by atoms with Gasteiger partial charge in [0.1, 0.15) is 0 Å². The molecule has 84 valence electrons. The molecule has 0 fully saturated rings. The van der Waals surface area contributed by atoms with Crippen molar-refractivity contribution in [1.29, 1.82) is 0 Å². The Hall–Kier alpha value is -1.13. The van der Waals surface area contributed by atoms with Crippen LogP contribution in [0.2, 0.25) is 0 Å². The minimum atomic E-state index is 0.561. The van der Waals surface area contributed by atoms with Crippen LogP contribution in [0.1, 0.15) is 19.4 Å². The summed E-state index contributed by atoms with van der Waals surface area (Å²) in [5.41, 5.74) is 7.74. The van der Waals surface area contributed by atoms with E-state index in [4.69, 9.17) is 12.2 Å². The number of hydrogen-bond acceptors (Lipinski definition) is 2. The molecule has 3 nitrogen and oxygen atoms in total. The molecule has 0 aliphatic rings. The van der Waals surface area contributed by atoms with Gasteiger partial charge in [0.05, 0.1) is 0 Å². The average molecular weight is 225 g/mol. The second-order valence-electron chi connectivity index (χ2n) is 2.70. The fourth-order valence-electron chi connectivity index (χ4n) is 0.913. The fraction of sp³-hybridized carbons (Fsp3) is 0.364. The molecular formula is C11H19N3S. The maximum atomic E-state index is 4.98. The summed E-state index contributed by atoms with van der Waals surface area (Å²) >= 11 is 4.98. The van der Waals surface area contributed by atoms with Gasteiger partial charge in [-0.2, -0.15) is 0 Å². The van der Waals surface area contributed by atoms with Crippen molar-refractivity contribution in [1.82, 2.24) is 10.9 Å². The van der Waals surface area contributed by atoms with Crippen molar-refractivity contribution in [3.05, 3.63) is 29.8 Å². The molecule has 0 spiro atoms. The summed E-state index contributed by atoms with van der Waals surface area (Å²) in [5, 5.41) is 3.59. The molecule has 0 saturated carbocycles. The zero-order chi connectivity index (χ0) is 11.7. The summed E-state index contributed by atoms with van der Waals surface area (Å²) in [7, 11) is 1.77. The van der Waals surface area contributed by atoms with Crippen LogP contribution in [0.5, 0.6) is 0 Å². The van der Waals surface area contributed by atoms with Gasteiger partial charge in [-0.25, -0.2) is 5.43 Å². The molecule has 3 N–H and O–H groups in total. The first-order valence-corrected chi connectivity index (χ1v) is 5.43. The molecule has 0 aromatic heterocycles. The third-order valence-corrected chi connectivity index (χ3v) is 1.75. The van der Waals surface area contributed by atoms with Crippen LogP contribution in [0.3, 0.4) is 0 Å². The maximum absolute atomic E-state index is 4.98. The average Bonchev–Trinajstić information content (AvgIpc) is 2.25. The smallest absolute Gasteiger partial charge is 0.185 e. The standard InChI is InChI=1S/C9H13N3S.C2H6/c1-7-3-5-8(6-4-7)11-9(13)12-10-2;1-2/h3-6,10H,1-2H3,(H2,11,12,13);1-2H3. The molecule has 0 saturated heterocycles. The van der Waals surface area contributed by atoms with E-state index in [1.807, 2.05) is 45.0 Å². The Morgan fingerprint density at radius 3 is 2.13 bits per heavy atom. The van der Waals surface area contributed by atoms with Crippen molar-refractivity contribution < 1.29 is 0 Å². The van der Waals surface area contributed by atoms with Gasteiger partial charge in [0.2, 0.25) is 0 Å². The van der Waals surface area contributed by atoms with Crippen molar-refractivity contribution in [2.24, 2.45) is 0 Å². The lowest BCUT2D eigenvalue weighted by atomic mass is 10.2. The summed E-state index contributed by atoms with van der Waals surface area (Å²) in [5.74, 6) is 0. The van der Waals surface area contributed by atoms with Crippen molar-refractivity contribution in [2.75, 3.05) is 12.4 Å². The number of hydrogen-bond donors (Lipinski definition) is 3. The number of nitrogens with one attached hydrogen (secondary N) is 3. The van der Waals surface area contributed by atoms with E-state index >= 15 is 0 Å². The second kappa shape index (κ2) is 8.20. The Labute approximate surface area is 97.2 Å². The minimum absolute atomic E-state index is 0.561. The Morgan fingerprint density at radius 1 is 1.13 bits per heavy atom. The molecule has 1 rings (SSSR count). The molecular weight excluding hydrogens is 206 g/mol. The third-order valence-electron chi connectivity index (χ3n) is 1.55. The monoisotopic (exact) mass is 225 g/mol. The molecule has 1 aromatic carbocycles. The Balaban J connectivity index is 0.000000921. The minimum Gasteiger partial charge on any atom is -0.332 e. The van der Waals surface area contributed by atoms with Gasteiger partial charge in [0.15, 0.2) is 5.11 Å². The van der Waals surface area contributed by atoms with Gasteiger partial charge in [-0.15, -0.1) is 0 Å². The zero-order valence-corrected chi connectivity index (χ0v) is 10.5. The van der Waals surface area contributed by atoms with Crippen LogP contribution in [0, 0.1) is 6.92 Å². The second-order valence-corrected chi connectivity index (χ2v) is 3.10. The zero-order valence-electron chi connectivity index (χ0n) is 9.72. The van der Waals surface area contributed by atoms with E-state index < -0.39 is 0 Å². The van der Waals surface area contributed by atoms with Gasteiger partial charge in [-0.05, 0) is 31.3 Å². The lowest BCUT2D eigenvalue weighted by molar-refractivity contribution is 0.776. The van der Waals surface area contributed by atoms with Crippen LogP contribution in [0.15, 0.2) is 24.3 Å². The first-order valence-electron chi connectivity index (χ1n) is 5.03. The normalized spacial score (nSPS) is 8.53. The molecule has 0 radical (unpaired) electrons. The lowest BCUT2D eigenvalue weighted by Gasteiger charge is -2.08. The van der Waals surface area contributed by atoms with E-state index in [1.54, 1.807) is 7.05 Å². The highest BCUT2D eigenvalue weighted by Crippen LogP contribution is 2.07. The van der Waals surface area contributed by atoms with Gasteiger partial charge in [0.25, 0.3) is 0 Å². The van der Waals surface area contributed by atoms with Crippen LogP contribution in [0.25, 0.3) is 0 Å². The van der Waals surface area contributed by atoms with Crippen LogP contribution in [-0.4, -0.2) is 12.2 Å². The highest BCUT2D eigenvalue weighted by atomic mass is 32.1. The van der Waals surface area contributed by atoms with E-state index in [2.05, 4.69) is 16.2 Å². The predicted octanol–water partition coefficient (Wildman–Crippen LogP) is 2.44. The summed E-state index contributed by atoms with van der Waals surface area (Å²) in [6.45, 7) is 6.05. The quantitative estimate of drug-likeness (QED) is 0.534. The maximum Gasteiger partial charge on any atom is 0.185 e. The lowest BCUT2D eigenvalue weighted by Crippen LogP contribution is -2.37. The van der Waals surface area contributed by atoms with E-state index in [9.17, 15) is 0 Å². The molecule has 4 heteroatoms. The van der Waals surface area contributed by atoms with Crippen molar-refractivity contribution in [2.45, 2.75) is 20.8 Å². The van der Waals surface area contributed by atoms with Crippen molar-refractivity contribution >= 4 is 23.0 Å². The van der Waals surface area contributed by atoms with Gasteiger partial charge in [0, 0.05) is 12.7 Å². The molecule has 0 bridgehead atoms. The van der Waals surface area contributed by atoms with Gasteiger partial charge < -0.3 is 5.32 Å². The predicted molar refractivity (Wildman–Crippen MR) is 70.9 cm³/mol. The first-order chi connectivity index (χ1) is 7.22. The number of hydrazine groups is 1. The molecule has 15 heavy (non-hydrogen) atoms. The number of rotatable bonds is 2. The molecule has 0 heterocycles.